The van der Waals surface area contributed by atoms with E-state index in [1.807, 2.05) is 0 Å². The minimum atomic E-state index is -0.621. The van der Waals surface area contributed by atoms with Gasteiger partial charge >= 0.3 is 5.97 Å². The topological polar surface area (TPSA) is 63.7 Å². The minimum Gasteiger partial charge on any atom is -0.469 e. The summed E-state index contributed by atoms with van der Waals surface area (Å²) in [6.45, 7) is 1.79. The third-order valence-electron chi connectivity index (χ3n) is 4.71. The number of carbonyl (C=O) groups is 3. The van der Waals surface area contributed by atoms with E-state index in [0.717, 1.165) is 0 Å². The molecule has 0 N–H and O–H groups in total. The normalized spacial score (nSPS) is 48.3. The lowest BCUT2D eigenvalue weighted by molar-refractivity contribution is -0.148. The van der Waals surface area contributed by atoms with Gasteiger partial charge in [0.25, 0.3) is 0 Å². The molecule has 1 heterocycles. The molecule has 0 bridgehead atoms. The van der Waals surface area contributed by atoms with Crippen LogP contribution < -0.4 is 0 Å². The molecule has 2 aliphatic carbocycles. The maximum atomic E-state index is 11.8. The molecule has 5 nitrogen and oxygen atoms in total. The van der Waals surface area contributed by atoms with Gasteiger partial charge < -0.3 is 4.74 Å². The summed E-state index contributed by atoms with van der Waals surface area (Å²) in [5.41, 5.74) is -1.02. The Labute approximate surface area is 92.7 Å². The van der Waals surface area contributed by atoms with Gasteiger partial charge in [-0.25, -0.2) is 0 Å². The van der Waals surface area contributed by atoms with Crippen LogP contribution in [-0.4, -0.2) is 36.8 Å². The van der Waals surface area contributed by atoms with E-state index < -0.39 is 10.8 Å². The van der Waals surface area contributed by atoms with Crippen molar-refractivity contribution >= 4 is 17.8 Å². The van der Waals surface area contributed by atoms with Gasteiger partial charge in [0.2, 0.25) is 11.8 Å². The summed E-state index contributed by atoms with van der Waals surface area (Å²) >= 11 is 0. The van der Waals surface area contributed by atoms with E-state index in [0.29, 0.717) is 6.42 Å². The molecule has 1 aliphatic heterocycles. The second-order valence-corrected chi connectivity index (χ2v) is 5.23. The van der Waals surface area contributed by atoms with Gasteiger partial charge in [0.15, 0.2) is 0 Å². The standard InChI is InChI=1S/C11H13NO4/c1-10(9(15)16-3)4-11(10)5-6(11)8(14)12(2)7(5)13/h5-6H,4H2,1-3H3/t5-,6+,10-,11?/m1/s1. The van der Waals surface area contributed by atoms with E-state index in [2.05, 4.69) is 0 Å². The van der Waals surface area contributed by atoms with Gasteiger partial charge in [-0.05, 0) is 13.3 Å². The van der Waals surface area contributed by atoms with Gasteiger partial charge in [0.1, 0.15) is 0 Å². The molecule has 0 aromatic carbocycles. The van der Waals surface area contributed by atoms with Crippen molar-refractivity contribution in [3.8, 4) is 0 Å². The highest BCUT2D eigenvalue weighted by Gasteiger charge is 2.93. The minimum absolute atomic E-state index is 0.136. The second-order valence-electron chi connectivity index (χ2n) is 5.23. The van der Waals surface area contributed by atoms with Gasteiger partial charge in [-0.2, -0.15) is 0 Å². The molecule has 0 radical (unpaired) electrons. The third-order valence-corrected chi connectivity index (χ3v) is 4.71. The molecule has 1 saturated heterocycles. The predicted molar refractivity (Wildman–Crippen MR) is 51.9 cm³/mol. The molecule has 16 heavy (non-hydrogen) atoms. The number of methoxy groups -OCH3 is 1. The number of ether oxygens (including phenoxy) is 1. The molecule has 3 rings (SSSR count). The van der Waals surface area contributed by atoms with Crippen molar-refractivity contribution in [2.24, 2.45) is 22.7 Å². The summed E-state index contributed by atoms with van der Waals surface area (Å²) in [7, 11) is 2.84. The maximum absolute atomic E-state index is 11.8. The zero-order chi connectivity index (χ0) is 11.9. The van der Waals surface area contributed by atoms with E-state index >= 15 is 0 Å². The van der Waals surface area contributed by atoms with Crippen molar-refractivity contribution in [2.45, 2.75) is 13.3 Å². The number of rotatable bonds is 1. The average molecular weight is 223 g/mol. The lowest BCUT2D eigenvalue weighted by Crippen LogP contribution is -2.33. The zero-order valence-electron chi connectivity index (χ0n) is 9.44. The fourth-order valence-electron chi connectivity index (χ4n) is 3.63. The van der Waals surface area contributed by atoms with Gasteiger partial charge in [0, 0.05) is 12.5 Å². The van der Waals surface area contributed by atoms with Crippen LogP contribution in [-0.2, 0) is 19.1 Å². The number of likely N-dealkylation sites (tertiary alicyclic amines) is 1. The number of fused-ring (bicyclic) bond motifs is 3. The lowest BCUT2D eigenvalue weighted by atomic mass is 10.0. The molecule has 3 aliphatic rings. The second kappa shape index (κ2) is 2.31. The van der Waals surface area contributed by atoms with Crippen molar-refractivity contribution in [1.29, 1.82) is 0 Å². The lowest BCUT2D eigenvalue weighted by Gasteiger charge is -2.14. The van der Waals surface area contributed by atoms with E-state index in [9.17, 15) is 14.4 Å². The van der Waals surface area contributed by atoms with Crippen molar-refractivity contribution in [2.75, 3.05) is 14.2 Å². The molecular weight excluding hydrogens is 210 g/mol. The summed E-state index contributed by atoms with van der Waals surface area (Å²) in [6.07, 6.45) is 0.604. The average Bonchev–Trinajstić information content (AvgIpc) is 3.07. The number of nitrogens with zero attached hydrogens (tertiary/aromatic N) is 1. The van der Waals surface area contributed by atoms with Gasteiger partial charge in [-0.3, -0.25) is 19.3 Å². The first-order chi connectivity index (χ1) is 7.41. The summed E-state index contributed by atoms with van der Waals surface area (Å²) in [5.74, 6) is -1.11. The third kappa shape index (κ3) is 0.691. The zero-order valence-corrected chi connectivity index (χ0v) is 9.44. The number of hydrogen-bond acceptors (Lipinski definition) is 4. The Kier molecular flexibility index (Phi) is 1.42. The van der Waals surface area contributed by atoms with Crippen LogP contribution in [0.3, 0.4) is 0 Å². The molecule has 1 unspecified atom stereocenters. The van der Waals surface area contributed by atoms with Crippen molar-refractivity contribution in [1.82, 2.24) is 4.90 Å². The Morgan fingerprint density at radius 1 is 1.38 bits per heavy atom. The Morgan fingerprint density at radius 3 is 2.31 bits per heavy atom. The quantitative estimate of drug-likeness (QED) is 0.456. The summed E-state index contributed by atoms with van der Waals surface area (Å²) in [6, 6.07) is 0. The summed E-state index contributed by atoms with van der Waals surface area (Å²) in [4.78, 5) is 36.3. The number of amides is 2. The molecule has 4 atom stereocenters. The number of carbonyl (C=O) groups excluding carboxylic acids is 3. The van der Waals surface area contributed by atoms with Crippen LogP contribution in [0.4, 0.5) is 0 Å². The highest BCUT2D eigenvalue weighted by atomic mass is 16.5. The van der Waals surface area contributed by atoms with Crippen molar-refractivity contribution < 1.29 is 19.1 Å². The number of esters is 1. The van der Waals surface area contributed by atoms with Crippen LogP contribution in [0.1, 0.15) is 13.3 Å². The van der Waals surface area contributed by atoms with Gasteiger partial charge in [-0.1, -0.05) is 0 Å². The van der Waals surface area contributed by atoms with Crippen LogP contribution in [0.25, 0.3) is 0 Å². The smallest absolute Gasteiger partial charge is 0.312 e. The van der Waals surface area contributed by atoms with E-state index in [4.69, 9.17) is 4.74 Å². The molecule has 0 aromatic heterocycles. The van der Waals surface area contributed by atoms with Crippen LogP contribution in [0, 0.1) is 22.7 Å². The molecule has 2 amide bonds. The molecule has 5 heteroatoms. The van der Waals surface area contributed by atoms with Gasteiger partial charge in [0.05, 0.1) is 24.4 Å². The highest BCUT2D eigenvalue weighted by Crippen LogP contribution is 2.86. The maximum Gasteiger partial charge on any atom is 0.312 e. The Balaban J connectivity index is 1.92. The summed E-state index contributed by atoms with van der Waals surface area (Å²) in [5, 5.41) is 0. The monoisotopic (exact) mass is 223 g/mol. The van der Waals surface area contributed by atoms with E-state index in [1.165, 1.54) is 19.1 Å². The van der Waals surface area contributed by atoms with Gasteiger partial charge in [-0.15, -0.1) is 0 Å². The molecule has 3 fully saturated rings. The Morgan fingerprint density at radius 2 is 1.88 bits per heavy atom. The Bertz CT molecular complexity index is 421. The Hall–Kier alpha value is -1.39. The van der Waals surface area contributed by atoms with Crippen LogP contribution in [0.15, 0.2) is 0 Å². The van der Waals surface area contributed by atoms with Crippen LogP contribution >= 0.6 is 0 Å². The van der Waals surface area contributed by atoms with Crippen molar-refractivity contribution in [3.05, 3.63) is 0 Å². The molecule has 2 saturated carbocycles. The van der Waals surface area contributed by atoms with Crippen LogP contribution in [0.2, 0.25) is 0 Å². The largest absolute Gasteiger partial charge is 0.469 e. The molecule has 0 aromatic rings. The molecular formula is C11H13NO4. The predicted octanol–water partition coefficient (Wildman–Crippen LogP) is -0.200. The summed E-state index contributed by atoms with van der Waals surface area (Å²) < 4.78 is 4.74. The fraction of sp³-hybridized carbons (Fsp3) is 0.727. The number of hydrogen-bond donors (Lipinski definition) is 0. The molecule has 1 spiro atoms. The first-order valence-corrected chi connectivity index (χ1v) is 5.31. The van der Waals surface area contributed by atoms with E-state index in [1.54, 1.807) is 6.92 Å². The number of piperidine rings is 1. The van der Waals surface area contributed by atoms with Crippen LogP contribution in [0.5, 0.6) is 0 Å². The number of imide groups is 1. The fourth-order valence-corrected chi connectivity index (χ4v) is 3.63. The first-order valence-electron chi connectivity index (χ1n) is 5.31. The highest BCUT2D eigenvalue weighted by molar-refractivity contribution is 6.12. The van der Waals surface area contributed by atoms with Crippen molar-refractivity contribution in [3.63, 3.8) is 0 Å². The van der Waals surface area contributed by atoms with E-state index in [-0.39, 0.29) is 29.6 Å². The first kappa shape index (κ1) is 9.81. The molecule has 86 valence electrons. The SMILES string of the molecule is COC(=O)[C@@]1(C)CC12[C@@H]1C(=O)N(C)C(=O)[C@@H]12.